The first-order valence-electron chi connectivity index (χ1n) is 6.98. The molecule has 1 fully saturated rings. The molecule has 2 rings (SSSR count). The Kier molecular flexibility index (Phi) is 5.01. The van der Waals surface area contributed by atoms with Crippen molar-refractivity contribution in [3.8, 4) is 0 Å². The van der Waals surface area contributed by atoms with Crippen LogP contribution in [0.3, 0.4) is 0 Å². The highest BCUT2D eigenvalue weighted by Gasteiger charge is 2.42. The number of hydrogen-bond acceptors (Lipinski definition) is 2. The van der Waals surface area contributed by atoms with E-state index in [1.807, 2.05) is 0 Å². The lowest BCUT2D eigenvalue weighted by Gasteiger charge is -2.28. The maximum atomic E-state index is 14.1. The van der Waals surface area contributed by atoms with Gasteiger partial charge in [-0.05, 0) is 37.8 Å². The van der Waals surface area contributed by atoms with E-state index in [1.165, 1.54) is 12.1 Å². The van der Waals surface area contributed by atoms with Gasteiger partial charge in [-0.2, -0.15) is 8.78 Å². The van der Waals surface area contributed by atoms with Gasteiger partial charge in [0.2, 0.25) is 0 Å². The van der Waals surface area contributed by atoms with E-state index in [4.69, 9.17) is 16.7 Å². The first kappa shape index (κ1) is 16.7. The van der Waals surface area contributed by atoms with Crippen molar-refractivity contribution in [2.75, 3.05) is 0 Å². The van der Waals surface area contributed by atoms with Crippen LogP contribution in [-0.4, -0.2) is 23.0 Å². The number of amides is 1. The molecule has 1 aromatic carbocycles. The molecular weight excluding hydrogens is 316 g/mol. The first-order chi connectivity index (χ1) is 10.3. The van der Waals surface area contributed by atoms with E-state index in [9.17, 15) is 18.4 Å². The third-order valence-corrected chi connectivity index (χ3v) is 4.12. The molecule has 0 atom stereocenters. The van der Waals surface area contributed by atoms with Crippen LogP contribution in [0.15, 0.2) is 24.3 Å². The lowest BCUT2D eigenvalue weighted by atomic mass is 9.86. The molecule has 0 aliphatic heterocycles. The summed E-state index contributed by atoms with van der Waals surface area (Å²) in [5.41, 5.74) is -0.461. The van der Waals surface area contributed by atoms with Crippen molar-refractivity contribution in [1.29, 1.82) is 0 Å². The number of aliphatic carboxylic acids is 1. The standard InChI is InChI=1S/C15H16ClF2NO3/c16-11-3-1-2-10(8-11)15(17,18)14(22)19-12-6-4-9(5-7-12)13(20)21/h1-3,8-9,12H,4-7H2,(H,19,22)(H,20,21). The molecule has 1 amide bonds. The molecule has 120 valence electrons. The second-order valence-electron chi connectivity index (χ2n) is 5.44. The molecule has 22 heavy (non-hydrogen) atoms. The fourth-order valence-electron chi connectivity index (χ4n) is 2.58. The average molecular weight is 332 g/mol. The molecule has 1 aliphatic carbocycles. The van der Waals surface area contributed by atoms with E-state index in [0.717, 1.165) is 12.1 Å². The van der Waals surface area contributed by atoms with Crippen LogP contribution < -0.4 is 5.32 Å². The second-order valence-corrected chi connectivity index (χ2v) is 5.88. The quantitative estimate of drug-likeness (QED) is 0.890. The van der Waals surface area contributed by atoms with Crippen molar-refractivity contribution in [1.82, 2.24) is 5.32 Å². The van der Waals surface area contributed by atoms with Crippen molar-refractivity contribution in [2.45, 2.75) is 37.6 Å². The van der Waals surface area contributed by atoms with Crippen LogP contribution in [0.5, 0.6) is 0 Å². The summed E-state index contributed by atoms with van der Waals surface area (Å²) in [5, 5.41) is 11.3. The van der Waals surface area contributed by atoms with E-state index >= 15 is 0 Å². The highest BCUT2D eigenvalue weighted by atomic mass is 35.5. The average Bonchev–Trinajstić information content (AvgIpc) is 2.47. The third kappa shape index (κ3) is 3.74. The summed E-state index contributed by atoms with van der Waals surface area (Å²) < 4.78 is 28.2. The zero-order valence-corrected chi connectivity index (χ0v) is 12.4. The predicted molar refractivity (Wildman–Crippen MR) is 76.9 cm³/mol. The predicted octanol–water partition coefficient (Wildman–Crippen LogP) is 3.19. The molecule has 1 saturated carbocycles. The van der Waals surface area contributed by atoms with Gasteiger partial charge in [-0.15, -0.1) is 0 Å². The van der Waals surface area contributed by atoms with E-state index in [0.29, 0.717) is 25.7 Å². The number of benzene rings is 1. The topological polar surface area (TPSA) is 66.4 Å². The van der Waals surface area contributed by atoms with E-state index < -0.39 is 35.3 Å². The number of hydrogen-bond donors (Lipinski definition) is 2. The summed E-state index contributed by atoms with van der Waals surface area (Å²) in [5.74, 6) is -6.39. The van der Waals surface area contributed by atoms with Crippen LogP contribution in [0.1, 0.15) is 31.2 Å². The zero-order chi connectivity index (χ0) is 16.3. The van der Waals surface area contributed by atoms with Gasteiger partial charge < -0.3 is 10.4 Å². The van der Waals surface area contributed by atoms with Gasteiger partial charge in [0.1, 0.15) is 0 Å². The van der Waals surface area contributed by atoms with Gasteiger partial charge in [0.05, 0.1) is 5.92 Å². The highest BCUT2D eigenvalue weighted by molar-refractivity contribution is 6.30. The summed E-state index contributed by atoms with van der Waals surface area (Å²) >= 11 is 5.67. The molecule has 0 saturated heterocycles. The Morgan fingerprint density at radius 1 is 1.23 bits per heavy atom. The van der Waals surface area contributed by atoms with Crippen molar-refractivity contribution in [2.24, 2.45) is 5.92 Å². The Hall–Kier alpha value is -1.69. The number of carbonyl (C=O) groups excluding carboxylic acids is 1. The minimum atomic E-state index is -3.67. The Balaban J connectivity index is 1.98. The van der Waals surface area contributed by atoms with Crippen molar-refractivity contribution in [3.05, 3.63) is 34.9 Å². The van der Waals surface area contributed by atoms with Crippen LogP contribution in [0.4, 0.5) is 8.78 Å². The van der Waals surface area contributed by atoms with Crippen LogP contribution in [0, 0.1) is 5.92 Å². The summed E-state index contributed by atoms with van der Waals surface area (Å²) in [6, 6.07) is 4.59. The number of alkyl halides is 2. The second kappa shape index (κ2) is 6.60. The first-order valence-corrected chi connectivity index (χ1v) is 7.36. The zero-order valence-electron chi connectivity index (χ0n) is 11.7. The van der Waals surface area contributed by atoms with E-state index in [-0.39, 0.29) is 5.02 Å². The van der Waals surface area contributed by atoms with Gasteiger partial charge in [-0.3, -0.25) is 9.59 Å². The molecular formula is C15H16ClF2NO3. The van der Waals surface area contributed by atoms with Crippen LogP contribution in [0.25, 0.3) is 0 Å². The largest absolute Gasteiger partial charge is 0.481 e. The SMILES string of the molecule is O=C(O)C1CCC(NC(=O)C(F)(F)c2cccc(Cl)c2)CC1. The van der Waals surface area contributed by atoms with Gasteiger partial charge in [0.25, 0.3) is 5.91 Å². The third-order valence-electron chi connectivity index (χ3n) is 3.88. The van der Waals surface area contributed by atoms with Gasteiger partial charge in [-0.1, -0.05) is 23.7 Å². The minimum Gasteiger partial charge on any atom is -0.481 e. The monoisotopic (exact) mass is 331 g/mol. The van der Waals surface area contributed by atoms with Gasteiger partial charge in [-0.25, -0.2) is 0 Å². The number of halogens is 3. The van der Waals surface area contributed by atoms with Gasteiger partial charge >= 0.3 is 11.9 Å². The number of carboxylic acid groups (broad SMARTS) is 1. The number of nitrogens with one attached hydrogen (secondary N) is 1. The van der Waals surface area contributed by atoms with E-state index in [1.54, 1.807) is 0 Å². The molecule has 1 aromatic rings. The summed E-state index contributed by atoms with van der Waals surface area (Å²) in [6.07, 6.45) is 1.52. The Bertz CT molecular complexity index is 572. The lowest BCUT2D eigenvalue weighted by Crippen LogP contribution is -2.45. The Morgan fingerprint density at radius 3 is 2.41 bits per heavy atom. The smallest absolute Gasteiger partial charge is 0.349 e. The van der Waals surface area contributed by atoms with Crippen LogP contribution in [-0.2, 0) is 15.5 Å². The molecule has 0 radical (unpaired) electrons. The van der Waals surface area contributed by atoms with Gasteiger partial charge in [0.15, 0.2) is 0 Å². The summed E-state index contributed by atoms with van der Waals surface area (Å²) in [6.45, 7) is 0. The van der Waals surface area contributed by atoms with Crippen molar-refractivity contribution < 1.29 is 23.5 Å². The Morgan fingerprint density at radius 2 is 1.86 bits per heavy atom. The van der Waals surface area contributed by atoms with Crippen molar-refractivity contribution >= 4 is 23.5 Å². The molecule has 4 nitrogen and oxygen atoms in total. The molecule has 0 unspecified atom stereocenters. The lowest BCUT2D eigenvalue weighted by molar-refractivity contribution is -0.148. The maximum Gasteiger partial charge on any atom is 0.349 e. The fourth-order valence-corrected chi connectivity index (χ4v) is 2.77. The van der Waals surface area contributed by atoms with Crippen molar-refractivity contribution in [3.63, 3.8) is 0 Å². The van der Waals surface area contributed by atoms with Crippen LogP contribution in [0.2, 0.25) is 5.02 Å². The normalized spacial score (nSPS) is 22.1. The molecule has 1 aliphatic rings. The molecule has 2 N–H and O–H groups in total. The summed E-state index contributed by atoms with van der Waals surface area (Å²) in [4.78, 5) is 22.7. The molecule has 0 heterocycles. The maximum absolute atomic E-state index is 14.1. The summed E-state index contributed by atoms with van der Waals surface area (Å²) in [7, 11) is 0. The fraction of sp³-hybridized carbons (Fsp3) is 0.467. The van der Waals surface area contributed by atoms with Gasteiger partial charge in [0, 0.05) is 16.6 Å². The minimum absolute atomic E-state index is 0.131. The Labute approximate surface area is 131 Å². The number of carbonyl (C=O) groups is 2. The highest BCUT2D eigenvalue weighted by Crippen LogP contribution is 2.31. The van der Waals surface area contributed by atoms with Crippen LogP contribution >= 0.6 is 11.6 Å². The molecule has 7 heteroatoms. The van der Waals surface area contributed by atoms with E-state index in [2.05, 4.69) is 5.32 Å². The number of rotatable bonds is 4. The molecule has 0 aromatic heterocycles. The molecule has 0 bridgehead atoms. The number of carboxylic acids is 1. The molecule has 0 spiro atoms.